The molecule has 25 heavy (non-hydrogen) atoms. The minimum Gasteiger partial charge on any atom is -0.486 e. The minimum atomic E-state index is -3.55. The Morgan fingerprint density at radius 3 is 2.52 bits per heavy atom. The lowest BCUT2D eigenvalue weighted by Crippen LogP contribution is -2.25. The fourth-order valence-electron chi connectivity index (χ4n) is 2.89. The summed E-state index contributed by atoms with van der Waals surface area (Å²) in [6.45, 7) is 5.46. The molecule has 1 N–H and O–H groups in total. The van der Waals surface area contributed by atoms with Gasteiger partial charge in [0.05, 0.1) is 4.90 Å². The normalized spacial score (nSPS) is 13.7. The molecule has 0 aliphatic carbocycles. The van der Waals surface area contributed by atoms with Crippen LogP contribution in [0.5, 0.6) is 11.5 Å². The average molecular weight is 361 g/mol. The van der Waals surface area contributed by atoms with Gasteiger partial charge in [-0.15, -0.1) is 0 Å². The van der Waals surface area contributed by atoms with Crippen LogP contribution >= 0.6 is 0 Å². The molecule has 2 aromatic rings. The van der Waals surface area contributed by atoms with E-state index in [0.717, 1.165) is 12.8 Å². The van der Waals surface area contributed by atoms with E-state index in [4.69, 9.17) is 9.47 Å². The van der Waals surface area contributed by atoms with E-state index in [1.54, 1.807) is 12.1 Å². The summed E-state index contributed by atoms with van der Waals surface area (Å²) in [5, 5.41) is 0. The molecule has 0 amide bonds. The summed E-state index contributed by atoms with van der Waals surface area (Å²) < 4.78 is 38.4. The Balaban J connectivity index is 1.58. The van der Waals surface area contributed by atoms with Gasteiger partial charge in [-0.05, 0) is 49.9 Å². The van der Waals surface area contributed by atoms with Crippen molar-refractivity contribution in [1.82, 2.24) is 4.72 Å². The highest BCUT2D eigenvalue weighted by molar-refractivity contribution is 7.89. The molecule has 6 heteroatoms. The van der Waals surface area contributed by atoms with Crippen LogP contribution in [0.4, 0.5) is 0 Å². The minimum absolute atomic E-state index is 0.197. The lowest BCUT2D eigenvalue weighted by molar-refractivity contribution is 0.171. The molecule has 0 radical (unpaired) electrons. The fourth-order valence-corrected chi connectivity index (χ4v) is 3.97. The molecule has 0 aromatic heterocycles. The summed E-state index contributed by atoms with van der Waals surface area (Å²) in [5.74, 6) is 1.06. The molecular formula is C19H23NO4S. The number of hydrogen-bond donors (Lipinski definition) is 1. The number of nitrogens with one attached hydrogen (secondary N) is 1. The summed E-state index contributed by atoms with van der Waals surface area (Å²) in [5.41, 5.74) is 3.74. The van der Waals surface area contributed by atoms with Crippen molar-refractivity contribution in [2.45, 2.75) is 31.6 Å². The molecule has 1 aliphatic heterocycles. The Morgan fingerprint density at radius 1 is 1.00 bits per heavy atom. The first-order valence-corrected chi connectivity index (χ1v) is 9.89. The zero-order valence-corrected chi connectivity index (χ0v) is 15.4. The highest BCUT2D eigenvalue weighted by Crippen LogP contribution is 2.32. The predicted octanol–water partition coefficient (Wildman–Crippen LogP) is 2.99. The summed E-state index contributed by atoms with van der Waals surface area (Å²) in [7, 11) is -3.55. The predicted molar refractivity (Wildman–Crippen MR) is 96.9 cm³/mol. The monoisotopic (exact) mass is 361 g/mol. The molecule has 2 aromatic carbocycles. The Labute approximate surface area is 149 Å². The van der Waals surface area contributed by atoms with Gasteiger partial charge in [0.15, 0.2) is 11.5 Å². The second-order valence-corrected chi connectivity index (χ2v) is 8.00. The van der Waals surface area contributed by atoms with Crippen LogP contribution in [-0.2, 0) is 16.4 Å². The topological polar surface area (TPSA) is 64.6 Å². The first-order chi connectivity index (χ1) is 12.0. The molecule has 1 heterocycles. The van der Waals surface area contributed by atoms with Crippen LogP contribution in [0.1, 0.15) is 23.1 Å². The molecule has 0 saturated heterocycles. The van der Waals surface area contributed by atoms with Gasteiger partial charge in [0.1, 0.15) is 13.2 Å². The van der Waals surface area contributed by atoms with Gasteiger partial charge in [0, 0.05) is 12.6 Å². The average Bonchev–Trinajstić information content (AvgIpc) is 2.60. The van der Waals surface area contributed by atoms with Crippen LogP contribution in [0.25, 0.3) is 0 Å². The van der Waals surface area contributed by atoms with Crippen molar-refractivity contribution in [1.29, 1.82) is 0 Å². The van der Waals surface area contributed by atoms with Gasteiger partial charge >= 0.3 is 0 Å². The van der Waals surface area contributed by atoms with Gasteiger partial charge in [0.2, 0.25) is 10.0 Å². The number of benzene rings is 2. The molecule has 0 atom stereocenters. The Bertz CT molecular complexity index is 862. The highest BCUT2D eigenvalue weighted by Gasteiger charge is 2.18. The van der Waals surface area contributed by atoms with Crippen molar-refractivity contribution in [2.75, 3.05) is 19.8 Å². The highest BCUT2D eigenvalue weighted by atomic mass is 32.2. The van der Waals surface area contributed by atoms with E-state index in [-0.39, 0.29) is 4.90 Å². The van der Waals surface area contributed by atoms with Gasteiger partial charge in [0.25, 0.3) is 0 Å². The SMILES string of the molecule is Cc1ccc(CCCNS(=O)(=O)c2ccc3c(c2)OCCO3)c(C)c1. The number of rotatable bonds is 6. The summed E-state index contributed by atoms with van der Waals surface area (Å²) in [4.78, 5) is 0.197. The van der Waals surface area contributed by atoms with Crippen LogP contribution in [-0.4, -0.2) is 28.2 Å². The molecule has 0 fully saturated rings. The summed E-state index contributed by atoms with van der Waals surface area (Å²) in [6, 6.07) is 11.0. The molecule has 3 rings (SSSR count). The smallest absolute Gasteiger partial charge is 0.240 e. The molecule has 0 bridgehead atoms. The fraction of sp³-hybridized carbons (Fsp3) is 0.368. The molecule has 0 spiro atoms. The largest absolute Gasteiger partial charge is 0.486 e. The zero-order chi connectivity index (χ0) is 17.9. The number of ether oxygens (including phenoxy) is 2. The number of aryl methyl sites for hydroxylation is 3. The van der Waals surface area contributed by atoms with E-state index in [0.29, 0.717) is 31.3 Å². The van der Waals surface area contributed by atoms with Gasteiger partial charge in [-0.1, -0.05) is 23.8 Å². The van der Waals surface area contributed by atoms with Gasteiger partial charge in [-0.25, -0.2) is 13.1 Å². The van der Waals surface area contributed by atoms with Gasteiger partial charge in [-0.2, -0.15) is 0 Å². The van der Waals surface area contributed by atoms with Crippen molar-refractivity contribution in [3.05, 3.63) is 53.1 Å². The molecule has 134 valence electrons. The van der Waals surface area contributed by atoms with Crippen molar-refractivity contribution in [3.8, 4) is 11.5 Å². The van der Waals surface area contributed by atoms with Crippen molar-refractivity contribution in [2.24, 2.45) is 0 Å². The molecule has 0 saturated carbocycles. The van der Waals surface area contributed by atoms with Crippen molar-refractivity contribution < 1.29 is 17.9 Å². The van der Waals surface area contributed by atoms with E-state index in [1.165, 1.54) is 22.8 Å². The van der Waals surface area contributed by atoms with E-state index in [2.05, 4.69) is 36.8 Å². The van der Waals surface area contributed by atoms with Crippen LogP contribution in [0.3, 0.4) is 0 Å². The second-order valence-electron chi connectivity index (χ2n) is 6.24. The van der Waals surface area contributed by atoms with Gasteiger partial charge < -0.3 is 9.47 Å². The van der Waals surface area contributed by atoms with Crippen molar-refractivity contribution in [3.63, 3.8) is 0 Å². The van der Waals surface area contributed by atoms with Crippen LogP contribution in [0.15, 0.2) is 41.3 Å². The van der Waals surface area contributed by atoms with E-state index in [1.807, 2.05) is 0 Å². The molecule has 5 nitrogen and oxygen atoms in total. The second kappa shape index (κ2) is 7.45. The Morgan fingerprint density at radius 2 is 1.76 bits per heavy atom. The Hall–Kier alpha value is -2.05. The quantitative estimate of drug-likeness (QED) is 0.804. The Kier molecular flexibility index (Phi) is 5.30. The van der Waals surface area contributed by atoms with Crippen LogP contribution in [0, 0.1) is 13.8 Å². The summed E-state index contributed by atoms with van der Waals surface area (Å²) in [6.07, 6.45) is 1.59. The third-order valence-electron chi connectivity index (χ3n) is 4.24. The molecular weight excluding hydrogens is 338 g/mol. The zero-order valence-electron chi connectivity index (χ0n) is 14.5. The third kappa shape index (κ3) is 4.32. The molecule has 0 unspecified atom stereocenters. The van der Waals surface area contributed by atoms with E-state index in [9.17, 15) is 8.42 Å². The maximum Gasteiger partial charge on any atom is 0.240 e. The van der Waals surface area contributed by atoms with Crippen LogP contribution < -0.4 is 14.2 Å². The lowest BCUT2D eigenvalue weighted by atomic mass is 10.0. The van der Waals surface area contributed by atoms with Gasteiger partial charge in [-0.3, -0.25) is 0 Å². The van der Waals surface area contributed by atoms with Crippen molar-refractivity contribution >= 4 is 10.0 Å². The number of hydrogen-bond acceptors (Lipinski definition) is 4. The standard InChI is InChI=1S/C19H23NO4S/c1-14-5-6-16(15(2)12-14)4-3-9-20-25(21,22)17-7-8-18-19(13-17)24-11-10-23-18/h5-8,12-13,20H,3-4,9-11H2,1-2H3. The van der Waals surface area contributed by atoms with E-state index < -0.39 is 10.0 Å². The summed E-state index contributed by atoms with van der Waals surface area (Å²) >= 11 is 0. The maximum absolute atomic E-state index is 12.4. The third-order valence-corrected chi connectivity index (χ3v) is 5.70. The number of fused-ring (bicyclic) bond motifs is 1. The lowest BCUT2D eigenvalue weighted by Gasteiger charge is -2.19. The molecule has 1 aliphatic rings. The maximum atomic E-state index is 12.4. The van der Waals surface area contributed by atoms with E-state index >= 15 is 0 Å². The first-order valence-electron chi connectivity index (χ1n) is 8.41. The van der Waals surface area contributed by atoms with Crippen LogP contribution in [0.2, 0.25) is 0 Å². The number of sulfonamides is 1. The first kappa shape index (κ1) is 17.8.